The van der Waals surface area contributed by atoms with Crippen molar-refractivity contribution in [1.82, 2.24) is 0 Å². The Bertz CT molecular complexity index is 728. The molecular formula is C29H48O3. The van der Waals surface area contributed by atoms with Gasteiger partial charge in [-0.15, -0.1) is 0 Å². The average molecular weight is 445 g/mol. The zero-order valence-corrected chi connectivity index (χ0v) is 21.5. The minimum atomic E-state index is -0.325. The predicted octanol–water partition coefficient (Wildman–Crippen LogP) is 6.98. The first-order valence-corrected chi connectivity index (χ1v) is 14.2. The molecule has 182 valence electrons. The first-order chi connectivity index (χ1) is 15.2. The van der Waals surface area contributed by atoms with E-state index in [4.69, 9.17) is 14.2 Å². The first-order valence-electron chi connectivity index (χ1n) is 14.2. The lowest BCUT2D eigenvalue weighted by atomic mass is 9.44. The summed E-state index contributed by atoms with van der Waals surface area (Å²) in [6, 6.07) is 0. The topological polar surface area (TPSA) is 31.0 Å². The summed E-state index contributed by atoms with van der Waals surface area (Å²) in [7, 11) is 0. The number of fused-ring (bicyclic) bond motifs is 4. The third-order valence-corrected chi connectivity index (χ3v) is 12.1. The van der Waals surface area contributed by atoms with Gasteiger partial charge in [0.15, 0.2) is 5.79 Å². The molecular weight excluding hydrogens is 396 g/mol. The standard InChI is InChI=1S/C29H48O3/c1-19(2)7-6-8-20(3)22-9-10-23-21-17-25-29(32-25)18-28(30-15-16-31-28)14-13-27(29,5)24(21)11-12-26(22,23)4/h19-25H,6-18H2,1-5H3. The fraction of sp³-hybridized carbons (Fsp3) is 1.00. The quantitative estimate of drug-likeness (QED) is 0.429. The number of epoxide rings is 1. The highest BCUT2D eigenvalue weighted by Crippen LogP contribution is 2.75. The maximum Gasteiger partial charge on any atom is 0.171 e. The van der Waals surface area contributed by atoms with Crippen LogP contribution in [-0.2, 0) is 14.2 Å². The van der Waals surface area contributed by atoms with E-state index in [0.29, 0.717) is 16.9 Å². The summed E-state index contributed by atoms with van der Waals surface area (Å²) in [5.41, 5.74) is 0.938. The van der Waals surface area contributed by atoms with E-state index < -0.39 is 0 Å². The second-order valence-corrected chi connectivity index (χ2v) is 13.8. The summed E-state index contributed by atoms with van der Waals surface area (Å²) in [5.74, 6) is 5.00. The molecule has 0 aromatic heterocycles. The monoisotopic (exact) mass is 444 g/mol. The van der Waals surface area contributed by atoms with Gasteiger partial charge in [0, 0.05) is 18.3 Å². The van der Waals surface area contributed by atoms with Crippen molar-refractivity contribution < 1.29 is 14.2 Å². The highest BCUT2D eigenvalue weighted by Gasteiger charge is 2.78. The first kappa shape index (κ1) is 22.4. The van der Waals surface area contributed by atoms with Crippen LogP contribution in [0.3, 0.4) is 0 Å². The zero-order chi connectivity index (χ0) is 22.4. The SMILES string of the molecule is CC(C)CCCC(C)C1CCC2C3CC4OC45CC4(CCC5(C)C3CCC12C)OCCO4. The van der Waals surface area contributed by atoms with Crippen molar-refractivity contribution in [3.63, 3.8) is 0 Å². The maximum absolute atomic E-state index is 6.72. The van der Waals surface area contributed by atoms with Gasteiger partial charge in [-0.1, -0.05) is 53.9 Å². The highest BCUT2D eigenvalue weighted by atomic mass is 16.7. The Morgan fingerprint density at radius 2 is 1.66 bits per heavy atom. The maximum atomic E-state index is 6.72. The predicted molar refractivity (Wildman–Crippen MR) is 127 cm³/mol. The van der Waals surface area contributed by atoms with Crippen molar-refractivity contribution in [3.8, 4) is 0 Å². The molecule has 6 rings (SSSR count). The van der Waals surface area contributed by atoms with Crippen molar-refractivity contribution in [2.45, 2.75) is 123 Å². The number of hydrogen-bond donors (Lipinski definition) is 0. The van der Waals surface area contributed by atoms with Gasteiger partial charge < -0.3 is 14.2 Å². The van der Waals surface area contributed by atoms with Gasteiger partial charge in [0.2, 0.25) is 0 Å². The van der Waals surface area contributed by atoms with Gasteiger partial charge in [0.25, 0.3) is 0 Å². The third-order valence-electron chi connectivity index (χ3n) is 12.1. The molecule has 3 heteroatoms. The van der Waals surface area contributed by atoms with Crippen LogP contribution in [0.5, 0.6) is 0 Å². The lowest BCUT2D eigenvalue weighted by molar-refractivity contribution is -0.227. The molecule has 2 saturated heterocycles. The number of hydrogen-bond acceptors (Lipinski definition) is 3. The van der Waals surface area contributed by atoms with E-state index in [9.17, 15) is 0 Å². The molecule has 0 radical (unpaired) electrons. The Balaban J connectivity index is 1.20. The van der Waals surface area contributed by atoms with E-state index in [2.05, 4.69) is 34.6 Å². The molecule has 0 N–H and O–H groups in total. The summed E-state index contributed by atoms with van der Waals surface area (Å²) in [6.45, 7) is 14.2. The minimum Gasteiger partial charge on any atom is -0.365 e. The van der Waals surface area contributed by atoms with E-state index in [1.165, 1.54) is 57.8 Å². The molecule has 6 aliphatic rings. The van der Waals surface area contributed by atoms with E-state index in [0.717, 1.165) is 61.6 Å². The smallest absolute Gasteiger partial charge is 0.171 e. The van der Waals surface area contributed by atoms with E-state index in [-0.39, 0.29) is 11.4 Å². The summed E-state index contributed by atoms with van der Waals surface area (Å²) in [4.78, 5) is 0. The molecule has 6 fully saturated rings. The van der Waals surface area contributed by atoms with Gasteiger partial charge in [-0.25, -0.2) is 0 Å². The third kappa shape index (κ3) is 3.02. The lowest BCUT2D eigenvalue weighted by Crippen LogP contribution is -2.61. The van der Waals surface area contributed by atoms with Crippen molar-refractivity contribution >= 4 is 0 Å². The van der Waals surface area contributed by atoms with Crippen LogP contribution in [0.1, 0.15) is 105 Å². The van der Waals surface area contributed by atoms with Gasteiger partial charge in [0.1, 0.15) is 5.60 Å². The van der Waals surface area contributed by atoms with E-state index >= 15 is 0 Å². The van der Waals surface area contributed by atoms with Crippen molar-refractivity contribution in [1.29, 1.82) is 0 Å². The summed E-state index contributed by atoms with van der Waals surface area (Å²) in [6.07, 6.45) is 15.1. The Morgan fingerprint density at radius 3 is 2.41 bits per heavy atom. The van der Waals surface area contributed by atoms with Crippen molar-refractivity contribution in [3.05, 3.63) is 0 Å². The Labute approximate surface area is 196 Å². The van der Waals surface area contributed by atoms with Crippen molar-refractivity contribution in [2.75, 3.05) is 13.2 Å². The Hall–Kier alpha value is -0.120. The fourth-order valence-electron chi connectivity index (χ4n) is 10.4. The highest BCUT2D eigenvalue weighted by molar-refractivity contribution is 5.25. The fourth-order valence-corrected chi connectivity index (χ4v) is 10.4. The van der Waals surface area contributed by atoms with Crippen LogP contribution in [0.4, 0.5) is 0 Å². The average Bonchev–Trinajstić information content (AvgIpc) is 3.07. The second kappa shape index (κ2) is 7.44. The van der Waals surface area contributed by atoms with Gasteiger partial charge in [0.05, 0.1) is 19.3 Å². The van der Waals surface area contributed by atoms with Crippen LogP contribution in [0, 0.1) is 46.3 Å². The molecule has 0 bridgehead atoms. The molecule has 9 unspecified atom stereocenters. The molecule has 3 nitrogen and oxygen atoms in total. The molecule has 4 saturated carbocycles. The Morgan fingerprint density at radius 1 is 0.875 bits per heavy atom. The van der Waals surface area contributed by atoms with Crippen LogP contribution in [0.2, 0.25) is 0 Å². The van der Waals surface area contributed by atoms with Gasteiger partial charge in [-0.05, 0) is 79.4 Å². The molecule has 2 aliphatic heterocycles. The molecule has 2 spiro atoms. The van der Waals surface area contributed by atoms with Crippen LogP contribution < -0.4 is 0 Å². The molecule has 0 aromatic rings. The van der Waals surface area contributed by atoms with Crippen LogP contribution in [0.25, 0.3) is 0 Å². The summed E-state index contributed by atoms with van der Waals surface area (Å²) >= 11 is 0. The molecule has 0 amide bonds. The molecule has 0 aromatic carbocycles. The summed E-state index contributed by atoms with van der Waals surface area (Å²) < 4.78 is 19.1. The van der Waals surface area contributed by atoms with Crippen molar-refractivity contribution in [2.24, 2.45) is 46.3 Å². The zero-order valence-electron chi connectivity index (χ0n) is 21.5. The Kier molecular flexibility index (Phi) is 5.20. The van der Waals surface area contributed by atoms with E-state index in [1.807, 2.05) is 0 Å². The van der Waals surface area contributed by atoms with Crippen LogP contribution in [-0.4, -0.2) is 30.7 Å². The minimum absolute atomic E-state index is 0.0483. The molecule has 4 aliphatic carbocycles. The molecule has 2 heterocycles. The number of ether oxygens (including phenoxy) is 3. The van der Waals surface area contributed by atoms with Crippen LogP contribution >= 0.6 is 0 Å². The van der Waals surface area contributed by atoms with Crippen LogP contribution in [0.15, 0.2) is 0 Å². The van der Waals surface area contributed by atoms with Gasteiger partial charge in [-0.3, -0.25) is 0 Å². The molecule has 9 atom stereocenters. The summed E-state index contributed by atoms with van der Waals surface area (Å²) in [5, 5.41) is 0. The number of rotatable bonds is 5. The van der Waals surface area contributed by atoms with Gasteiger partial charge in [-0.2, -0.15) is 0 Å². The normalized spacial score (nSPS) is 51.8. The van der Waals surface area contributed by atoms with Gasteiger partial charge >= 0.3 is 0 Å². The largest absolute Gasteiger partial charge is 0.365 e. The van der Waals surface area contributed by atoms with E-state index in [1.54, 1.807) is 0 Å². The lowest BCUT2D eigenvalue weighted by Gasteiger charge is -2.60. The second-order valence-electron chi connectivity index (χ2n) is 13.8. The molecule has 32 heavy (non-hydrogen) atoms.